The summed E-state index contributed by atoms with van der Waals surface area (Å²) in [6.45, 7) is 6.83. The minimum absolute atomic E-state index is 0.118. The maximum atomic E-state index is 13.6. The molecular formula is C21H26FNO3. The fourth-order valence-corrected chi connectivity index (χ4v) is 2.68. The smallest absolute Gasteiger partial charge is 0.220 e. The van der Waals surface area contributed by atoms with Crippen LogP contribution in [0, 0.1) is 5.82 Å². The number of benzene rings is 2. The second-order valence-electron chi connectivity index (χ2n) is 5.95. The summed E-state index contributed by atoms with van der Waals surface area (Å²) in [5.74, 6) is 0.962. The van der Waals surface area contributed by atoms with Crippen molar-refractivity contribution in [2.24, 2.45) is 0 Å². The van der Waals surface area contributed by atoms with Gasteiger partial charge in [0.2, 0.25) is 5.91 Å². The highest BCUT2D eigenvalue weighted by molar-refractivity contribution is 5.76. The van der Waals surface area contributed by atoms with Gasteiger partial charge >= 0.3 is 0 Å². The zero-order valence-electron chi connectivity index (χ0n) is 15.5. The Morgan fingerprint density at radius 2 is 1.77 bits per heavy atom. The number of hydrogen-bond acceptors (Lipinski definition) is 3. The molecule has 2 rings (SSSR count). The number of nitrogens with one attached hydrogen (secondary N) is 1. The van der Waals surface area contributed by atoms with E-state index in [1.807, 2.05) is 39.0 Å². The second kappa shape index (κ2) is 9.80. The Morgan fingerprint density at radius 1 is 1.08 bits per heavy atom. The van der Waals surface area contributed by atoms with E-state index in [2.05, 4.69) is 5.32 Å². The van der Waals surface area contributed by atoms with Gasteiger partial charge in [0.05, 0.1) is 19.3 Å². The van der Waals surface area contributed by atoms with E-state index in [-0.39, 0.29) is 24.2 Å². The predicted molar refractivity (Wildman–Crippen MR) is 100 cm³/mol. The summed E-state index contributed by atoms with van der Waals surface area (Å²) in [5.41, 5.74) is 1.48. The molecule has 0 unspecified atom stereocenters. The topological polar surface area (TPSA) is 47.6 Å². The highest BCUT2D eigenvalue weighted by Gasteiger charge is 2.14. The first-order valence-corrected chi connectivity index (χ1v) is 8.97. The number of carbonyl (C=O) groups excluding carboxylic acids is 1. The van der Waals surface area contributed by atoms with Crippen molar-refractivity contribution in [3.8, 4) is 11.5 Å². The Balaban J connectivity index is 1.97. The highest BCUT2D eigenvalue weighted by Crippen LogP contribution is 2.30. The minimum Gasteiger partial charge on any atom is -0.490 e. The lowest BCUT2D eigenvalue weighted by Gasteiger charge is -2.17. The zero-order valence-corrected chi connectivity index (χ0v) is 15.5. The first-order valence-electron chi connectivity index (χ1n) is 8.97. The fourth-order valence-electron chi connectivity index (χ4n) is 2.68. The third kappa shape index (κ3) is 5.48. The largest absolute Gasteiger partial charge is 0.490 e. The Hall–Kier alpha value is -2.56. The molecule has 0 aliphatic rings. The lowest BCUT2D eigenvalue weighted by molar-refractivity contribution is -0.121. The van der Waals surface area contributed by atoms with E-state index in [9.17, 15) is 9.18 Å². The third-order valence-corrected chi connectivity index (χ3v) is 4.02. The number of amides is 1. The molecule has 2 aromatic carbocycles. The summed E-state index contributed by atoms with van der Waals surface area (Å²) in [5, 5.41) is 2.95. The summed E-state index contributed by atoms with van der Waals surface area (Å²) < 4.78 is 24.8. The molecular weight excluding hydrogens is 333 g/mol. The van der Waals surface area contributed by atoms with Crippen LogP contribution in [-0.2, 0) is 11.2 Å². The number of rotatable bonds is 9. The van der Waals surface area contributed by atoms with Gasteiger partial charge in [0.1, 0.15) is 5.82 Å². The number of halogens is 1. The normalized spacial score (nSPS) is 11.7. The quantitative estimate of drug-likeness (QED) is 0.720. The van der Waals surface area contributed by atoms with Gasteiger partial charge in [-0.25, -0.2) is 4.39 Å². The molecule has 0 saturated carbocycles. The maximum absolute atomic E-state index is 13.6. The van der Waals surface area contributed by atoms with Crippen molar-refractivity contribution in [2.45, 2.75) is 39.7 Å². The average molecular weight is 359 g/mol. The van der Waals surface area contributed by atoms with Crippen LogP contribution in [0.25, 0.3) is 0 Å². The van der Waals surface area contributed by atoms with Gasteiger partial charge in [-0.15, -0.1) is 0 Å². The first-order chi connectivity index (χ1) is 12.5. The van der Waals surface area contributed by atoms with Crippen molar-refractivity contribution in [1.29, 1.82) is 0 Å². The van der Waals surface area contributed by atoms with Crippen LogP contribution < -0.4 is 14.8 Å². The number of carbonyl (C=O) groups is 1. The van der Waals surface area contributed by atoms with E-state index >= 15 is 0 Å². The Bertz CT molecular complexity index is 733. The molecule has 0 aromatic heterocycles. The number of ether oxygens (including phenoxy) is 2. The molecule has 1 N–H and O–H groups in total. The van der Waals surface area contributed by atoms with E-state index in [1.54, 1.807) is 18.2 Å². The van der Waals surface area contributed by atoms with Crippen LogP contribution in [-0.4, -0.2) is 19.1 Å². The lowest BCUT2D eigenvalue weighted by atomic mass is 10.1. The Labute approximate surface area is 154 Å². The van der Waals surface area contributed by atoms with E-state index in [0.717, 1.165) is 5.56 Å². The second-order valence-corrected chi connectivity index (χ2v) is 5.95. The van der Waals surface area contributed by atoms with Crippen molar-refractivity contribution in [1.82, 2.24) is 5.32 Å². The average Bonchev–Trinajstić information content (AvgIpc) is 2.63. The molecule has 0 aliphatic carbocycles. The molecule has 140 valence electrons. The molecule has 1 atom stereocenters. The number of hydrogen-bond donors (Lipinski definition) is 1. The molecule has 0 aliphatic heterocycles. The van der Waals surface area contributed by atoms with Gasteiger partial charge in [-0.2, -0.15) is 0 Å². The summed E-state index contributed by atoms with van der Waals surface area (Å²) in [6, 6.07) is 12.0. The number of aryl methyl sites for hydroxylation is 1. The molecule has 0 fully saturated rings. The third-order valence-electron chi connectivity index (χ3n) is 4.02. The van der Waals surface area contributed by atoms with E-state index in [1.165, 1.54) is 6.07 Å². The lowest BCUT2D eigenvalue weighted by Crippen LogP contribution is -2.27. The van der Waals surface area contributed by atoms with Gasteiger partial charge < -0.3 is 14.8 Å². The van der Waals surface area contributed by atoms with Crippen molar-refractivity contribution in [3.05, 3.63) is 59.4 Å². The van der Waals surface area contributed by atoms with Crippen molar-refractivity contribution in [3.63, 3.8) is 0 Å². The van der Waals surface area contributed by atoms with Crippen LogP contribution in [0.5, 0.6) is 11.5 Å². The molecule has 4 nitrogen and oxygen atoms in total. The molecule has 2 aromatic rings. The van der Waals surface area contributed by atoms with E-state index < -0.39 is 0 Å². The Morgan fingerprint density at radius 3 is 2.46 bits per heavy atom. The standard InChI is InChI=1S/C21H26FNO3/c1-4-25-19-12-10-17(14-20(19)26-5-2)15(3)23-21(24)13-11-16-8-6-7-9-18(16)22/h6-10,12,14-15H,4-5,11,13H2,1-3H3,(H,23,24)/t15-/m0/s1. The van der Waals surface area contributed by atoms with Crippen molar-refractivity contribution in [2.75, 3.05) is 13.2 Å². The molecule has 0 heterocycles. The van der Waals surface area contributed by atoms with Crippen LogP contribution >= 0.6 is 0 Å². The minimum atomic E-state index is -0.277. The van der Waals surface area contributed by atoms with Crippen LogP contribution in [0.15, 0.2) is 42.5 Å². The van der Waals surface area contributed by atoms with E-state index in [4.69, 9.17) is 9.47 Å². The van der Waals surface area contributed by atoms with E-state index in [0.29, 0.717) is 36.7 Å². The van der Waals surface area contributed by atoms with Gasteiger partial charge in [-0.05, 0) is 56.5 Å². The molecule has 0 radical (unpaired) electrons. The van der Waals surface area contributed by atoms with Crippen LogP contribution in [0.1, 0.15) is 44.4 Å². The molecule has 26 heavy (non-hydrogen) atoms. The first kappa shape index (κ1) is 19.8. The molecule has 5 heteroatoms. The fraction of sp³-hybridized carbons (Fsp3) is 0.381. The molecule has 0 spiro atoms. The van der Waals surface area contributed by atoms with Gasteiger partial charge in [-0.1, -0.05) is 24.3 Å². The monoisotopic (exact) mass is 359 g/mol. The summed E-state index contributed by atoms with van der Waals surface area (Å²) in [7, 11) is 0. The van der Waals surface area contributed by atoms with Crippen molar-refractivity contribution >= 4 is 5.91 Å². The molecule has 0 bridgehead atoms. The SMILES string of the molecule is CCOc1ccc([C@H](C)NC(=O)CCc2ccccc2F)cc1OCC. The van der Waals surface area contributed by atoms with Crippen LogP contribution in [0.4, 0.5) is 4.39 Å². The van der Waals surface area contributed by atoms with Gasteiger partial charge in [0.25, 0.3) is 0 Å². The van der Waals surface area contributed by atoms with Crippen LogP contribution in [0.3, 0.4) is 0 Å². The van der Waals surface area contributed by atoms with Gasteiger partial charge in [-0.3, -0.25) is 4.79 Å². The molecule has 1 amide bonds. The maximum Gasteiger partial charge on any atom is 0.220 e. The van der Waals surface area contributed by atoms with Gasteiger partial charge in [0.15, 0.2) is 11.5 Å². The summed E-state index contributed by atoms with van der Waals surface area (Å²) >= 11 is 0. The van der Waals surface area contributed by atoms with Crippen LogP contribution in [0.2, 0.25) is 0 Å². The zero-order chi connectivity index (χ0) is 18.9. The highest BCUT2D eigenvalue weighted by atomic mass is 19.1. The van der Waals surface area contributed by atoms with Crippen molar-refractivity contribution < 1.29 is 18.7 Å². The summed E-state index contributed by atoms with van der Waals surface area (Å²) in [6.07, 6.45) is 0.610. The predicted octanol–water partition coefficient (Wildman–Crippen LogP) is 4.43. The van der Waals surface area contributed by atoms with Gasteiger partial charge in [0, 0.05) is 6.42 Å². The Kier molecular flexibility index (Phi) is 7.45. The summed E-state index contributed by atoms with van der Waals surface area (Å²) in [4.78, 5) is 12.2. The molecule has 0 saturated heterocycles.